The van der Waals surface area contributed by atoms with Crippen LogP contribution in [-0.2, 0) is 14.1 Å². The average Bonchev–Trinajstić information content (AvgIpc) is 3.13. The van der Waals surface area contributed by atoms with Crippen molar-refractivity contribution in [2.45, 2.75) is 5.92 Å². The van der Waals surface area contributed by atoms with E-state index in [-0.39, 0.29) is 11.5 Å². The van der Waals surface area contributed by atoms with Gasteiger partial charge in [0, 0.05) is 36.8 Å². The average molecular weight is 359 g/mol. The summed E-state index contributed by atoms with van der Waals surface area (Å²) in [7, 11) is 3.12. The van der Waals surface area contributed by atoms with Crippen LogP contribution in [0.15, 0.2) is 64.3 Å². The molecule has 134 valence electrons. The van der Waals surface area contributed by atoms with Crippen molar-refractivity contribution in [3.8, 4) is 11.6 Å². The number of H-pyrrole nitrogens is 1. The summed E-state index contributed by atoms with van der Waals surface area (Å²) in [4.78, 5) is 28.8. The van der Waals surface area contributed by atoms with Crippen molar-refractivity contribution in [1.82, 2.24) is 14.1 Å². The first kappa shape index (κ1) is 15.7. The Bertz CT molecular complexity index is 1330. The molecule has 2 aromatic heterocycles. The third kappa shape index (κ3) is 2.07. The molecule has 1 aliphatic heterocycles. The number of nitrogens with one attached hydrogen (secondary N) is 1. The molecule has 0 saturated heterocycles. The summed E-state index contributed by atoms with van der Waals surface area (Å²) in [5, 5.41) is 1.04. The van der Waals surface area contributed by atoms with Crippen LogP contribution in [-0.4, -0.2) is 14.1 Å². The van der Waals surface area contributed by atoms with Crippen LogP contribution in [0.3, 0.4) is 0 Å². The second-order valence-corrected chi connectivity index (χ2v) is 6.79. The predicted molar refractivity (Wildman–Crippen MR) is 103 cm³/mol. The molecule has 6 heteroatoms. The molecule has 0 bridgehead atoms. The van der Waals surface area contributed by atoms with Gasteiger partial charge < -0.3 is 9.72 Å². The summed E-state index contributed by atoms with van der Waals surface area (Å²) >= 11 is 0. The van der Waals surface area contributed by atoms with E-state index in [0.717, 1.165) is 26.6 Å². The topological polar surface area (TPSA) is 69.0 Å². The van der Waals surface area contributed by atoms with Crippen LogP contribution in [0.1, 0.15) is 22.6 Å². The van der Waals surface area contributed by atoms with E-state index in [1.165, 1.54) is 11.6 Å². The van der Waals surface area contributed by atoms with Crippen molar-refractivity contribution in [2.75, 3.05) is 0 Å². The van der Waals surface area contributed by atoms with Gasteiger partial charge in [0.05, 0.1) is 11.5 Å². The first-order valence-corrected chi connectivity index (χ1v) is 8.70. The standard InChI is InChI=1S/C21H17N3O3/c1-23-19(25)18-17(14-11-22-15-9-5-3-7-12(14)15)13-8-4-6-10-16(13)27-20(18)24(2)21(23)26/h3-11,17,22H,1-2H3. The maximum absolute atomic E-state index is 13.1. The highest BCUT2D eigenvalue weighted by Gasteiger charge is 2.35. The van der Waals surface area contributed by atoms with Crippen molar-refractivity contribution in [3.05, 3.63) is 92.3 Å². The molecule has 4 aromatic rings. The molecular weight excluding hydrogens is 342 g/mol. The molecule has 0 amide bonds. The van der Waals surface area contributed by atoms with Crippen LogP contribution in [0.4, 0.5) is 0 Å². The Morgan fingerprint density at radius 3 is 2.52 bits per heavy atom. The fraction of sp³-hybridized carbons (Fsp3) is 0.143. The van der Waals surface area contributed by atoms with Crippen LogP contribution in [0.25, 0.3) is 10.9 Å². The number of aromatic amines is 1. The quantitative estimate of drug-likeness (QED) is 0.500. The molecule has 3 heterocycles. The van der Waals surface area contributed by atoms with Gasteiger partial charge in [-0.3, -0.25) is 13.9 Å². The summed E-state index contributed by atoms with van der Waals surface area (Å²) in [6.45, 7) is 0. The molecule has 1 unspecified atom stereocenters. The zero-order valence-corrected chi connectivity index (χ0v) is 14.9. The van der Waals surface area contributed by atoms with Gasteiger partial charge in [-0.1, -0.05) is 36.4 Å². The summed E-state index contributed by atoms with van der Waals surface area (Å²) < 4.78 is 8.54. The number of fused-ring (bicyclic) bond motifs is 3. The molecule has 5 rings (SSSR count). The van der Waals surface area contributed by atoms with Crippen LogP contribution in [0, 0.1) is 0 Å². The Labute approximate surface area is 154 Å². The van der Waals surface area contributed by atoms with Gasteiger partial charge in [-0.25, -0.2) is 4.79 Å². The maximum Gasteiger partial charge on any atom is 0.333 e. The lowest BCUT2D eigenvalue weighted by molar-refractivity contribution is 0.395. The number of rotatable bonds is 1. The summed E-state index contributed by atoms with van der Waals surface area (Å²) in [6, 6.07) is 15.6. The smallest absolute Gasteiger partial charge is 0.333 e. The lowest BCUT2D eigenvalue weighted by atomic mass is 9.84. The zero-order valence-electron chi connectivity index (χ0n) is 14.9. The number of ether oxygens (including phenoxy) is 1. The number of nitrogens with zero attached hydrogens (tertiary/aromatic N) is 2. The first-order chi connectivity index (χ1) is 13.1. The number of benzene rings is 2. The van der Waals surface area contributed by atoms with E-state index in [2.05, 4.69) is 4.98 Å². The Morgan fingerprint density at radius 2 is 1.67 bits per heavy atom. The van der Waals surface area contributed by atoms with Crippen molar-refractivity contribution < 1.29 is 4.74 Å². The maximum atomic E-state index is 13.1. The van der Waals surface area contributed by atoms with Gasteiger partial charge in [-0.05, 0) is 17.7 Å². The fourth-order valence-corrected chi connectivity index (χ4v) is 3.95. The van der Waals surface area contributed by atoms with Gasteiger partial charge in [-0.15, -0.1) is 0 Å². The Hall–Kier alpha value is -3.54. The number of para-hydroxylation sites is 2. The molecule has 0 saturated carbocycles. The van der Waals surface area contributed by atoms with Crippen molar-refractivity contribution in [2.24, 2.45) is 14.1 Å². The van der Waals surface area contributed by atoms with Crippen LogP contribution >= 0.6 is 0 Å². The second kappa shape index (κ2) is 5.48. The van der Waals surface area contributed by atoms with Crippen molar-refractivity contribution >= 4 is 10.9 Å². The van der Waals surface area contributed by atoms with Gasteiger partial charge in [0.2, 0.25) is 5.88 Å². The van der Waals surface area contributed by atoms with Gasteiger partial charge >= 0.3 is 5.69 Å². The fourth-order valence-electron chi connectivity index (χ4n) is 3.95. The van der Waals surface area contributed by atoms with E-state index < -0.39 is 5.69 Å². The minimum Gasteiger partial charge on any atom is -0.440 e. The van der Waals surface area contributed by atoms with Crippen molar-refractivity contribution in [3.63, 3.8) is 0 Å². The number of hydrogen-bond acceptors (Lipinski definition) is 3. The largest absolute Gasteiger partial charge is 0.440 e. The second-order valence-electron chi connectivity index (χ2n) is 6.79. The monoisotopic (exact) mass is 359 g/mol. The van der Waals surface area contributed by atoms with Crippen LogP contribution in [0.5, 0.6) is 11.6 Å². The molecule has 0 spiro atoms. The highest BCUT2D eigenvalue weighted by atomic mass is 16.5. The van der Waals surface area contributed by atoms with Crippen LogP contribution in [0.2, 0.25) is 0 Å². The third-order valence-electron chi connectivity index (χ3n) is 5.30. The minimum atomic E-state index is -0.407. The normalized spacial score (nSPS) is 15.3. The van der Waals surface area contributed by atoms with Gasteiger partial charge in [0.25, 0.3) is 5.56 Å². The Morgan fingerprint density at radius 1 is 0.926 bits per heavy atom. The first-order valence-electron chi connectivity index (χ1n) is 8.70. The van der Waals surface area contributed by atoms with E-state index in [1.807, 2.05) is 54.7 Å². The third-order valence-corrected chi connectivity index (χ3v) is 5.30. The summed E-state index contributed by atoms with van der Waals surface area (Å²) in [5.41, 5.74) is 2.63. The van der Waals surface area contributed by atoms with E-state index in [9.17, 15) is 9.59 Å². The van der Waals surface area contributed by atoms with E-state index in [4.69, 9.17) is 4.74 Å². The van der Waals surface area contributed by atoms with E-state index in [1.54, 1.807) is 7.05 Å². The van der Waals surface area contributed by atoms with Gasteiger partial charge in [0.1, 0.15) is 5.75 Å². The molecular formula is C21H17N3O3. The van der Waals surface area contributed by atoms with E-state index >= 15 is 0 Å². The molecule has 0 fully saturated rings. The molecule has 0 aliphatic carbocycles. The molecule has 6 nitrogen and oxygen atoms in total. The van der Waals surface area contributed by atoms with Crippen LogP contribution < -0.4 is 16.0 Å². The molecule has 0 radical (unpaired) electrons. The van der Waals surface area contributed by atoms with E-state index in [0.29, 0.717) is 17.2 Å². The zero-order chi connectivity index (χ0) is 18.7. The Kier molecular flexibility index (Phi) is 3.18. The highest BCUT2D eigenvalue weighted by molar-refractivity contribution is 5.85. The summed E-state index contributed by atoms with van der Waals surface area (Å²) in [5.74, 6) is 0.632. The summed E-state index contributed by atoms with van der Waals surface area (Å²) in [6.07, 6.45) is 1.94. The molecule has 2 aromatic carbocycles. The lowest BCUT2D eigenvalue weighted by Crippen LogP contribution is -2.41. The predicted octanol–water partition coefficient (Wildman–Crippen LogP) is 2.85. The van der Waals surface area contributed by atoms with Gasteiger partial charge in [0.15, 0.2) is 0 Å². The SMILES string of the molecule is Cn1c2c(c(=O)n(C)c1=O)C(c1c[nH]c3ccccc13)c1ccccc1O2. The molecule has 1 aliphatic rings. The highest BCUT2D eigenvalue weighted by Crippen LogP contribution is 2.46. The number of aromatic nitrogens is 3. The molecule has 1 N–H and O–H groups in total. The Balaban J connectivity index is 1.92. The molecule has 27 heavy (non-hydrogen) atoms. The molecule has 1 atom stereocenters. The number of hydrogen-bond donors (Lipinski definition) is 1. The van der Waals surface area contributed by atoms with Crippen molar-refractivity contribution in [1.29, 1.82) is 0 Å². The van der Waals surface area contributed by atoms with Gasteiger partial charge in [-0.2, -0.15) is 0 Å². The lowest BCUT2D eigenvalue weighted by Gasteiger charge is -2.28. The minimum absolute atomic E-state index is 0.303.